The number of unbranched alkanes of at least 4 members (excludes halogenated alkanes) is 1. The van der Waals surface area contributed by atoms with Crippen LogP contribution < -0.4 is 10.6 Å². The molecule has 2 N–H and O–H groups in total. The van der Waals surface area contributed by atoms with Crippen molar-refractivity contribution in [3.8, 4) is 0 Å². The minimum atomic E-state index is 0. The standard InChI is InChI=1S/C13H26N2O.2ClH/c1(4-13-5-3-11-16-13)2-8-15-12-6-9-14-10-7-12;;/h12-15H,1-11H2;2*1H. The van der Waals surface area contributed by atoms with Gasteiger partial charge in [-0.3, -0.25) is 0 Å². The first-order valence-electron chi connectivity index (χ1n) is 7.01. The molecule has 0 amide bonds. The minimum absolute atomic E-state index is 0. The molecular weight excluding hydrogens is 271 g/mol. The second-order valence-electron chi connectivity index (χ2n) is 5.11. The van der Waals surface area contributed by atoms with E-state index >= 15 is 0 Å². The van der Waals surface area contributed by atoms with E-state index in [2.05, 4.69) is 10.6 Å². The Morgan fingerprint density at radius 3 is 2.50 bits per heavy atom. The molecule has 5 heteroatoms. The predicted octanol–water partition coefficient (Wildman–Crippen LogP) is 2.52. The van der Waals surface area contributed by atoms with Gasteiger partial charge >= 0.3 is 0 Å². The first kappa shape index (κ1) is 18.5. The van der Waals surface area contributed by atoms with Crippen LogP contribution in [0.1, 0.15) is 44.9 Å². The van der Waals surface area contributed by atoms with Gasteiger partial charge in [0, 0.05) is 12.6 Å². The lowest BCUT2D eigenvalue weighted by Gasteiger charge is -2.23. The molecule has 0 radical (unpaired) electrons. The Labute approximate surface area is 124 Å². The minimum Gasteiger partial charge on any atom is -0.378 e. The van der Waals surface area contributed by atoms with Crippen molar-refractivity contribution in [2.45, 2.75) is 57.1 Å². The molecule has 0 aromatic carbocycles. The summed E-state index contributed by atoms with van der Waals surface area (Å²) >= 11 is 0. The van der Waals surface area contributed by atoms with Crippen LogP contribution in [-0.2, 0) is 4.74 Å². The van der Waals surface area contributed by atoms with Gasteiger partial charge in [-0.25, -0.2) is 0 Å². The van der Waals surface area contributed by atoms with Gasteiger partial charge in [0.05, 0.1) is 6.10 Å². The molecule has 0 aromatic heterocycles. The molecule has 18 heavy (non-hydrogen) atoms. The fourth-order valence-electron chi connectivity index (χ4n) is 2.70. The van der Waals surface area contributed by atoms with Crippen molar-refractivity contribution in [2.75, 3.05) is 26.2 Å². The Morgan fingerprint density at radius 1 is 1.06 bits per heavy atom. The number of nitrogens with one attached hydrogen (secondary N) is 2. The number of piperidine rings is 1. The van der Waals surface area contributed by atoms with Gasteiger partial charge in [-0.1, -0.05) is 0 Å². The largest absolute Gasteiger partial charge is 0.378 e. The fraction of sp³-hybridized carbons (Fsp3) is 1.00. The normalized spacial score (nSPS) is 24.3. The highest BCUT2D eigenvalue weighted by atomic mass is 35.5. The van der Waals surface area contributed by atoms with Gasteiger partial charge in [-0.2, -0.15) is 0 Å². The monoisotopic (exact) mass is 298 g/mol. The molecule has 110 valence electrons. The fourth-order valence-corrected chi connectivity index (χ4v) is 2.70. The zero-order chi connectivity index (χ0) is 11.1. The van der Waals surface area contributed by atoms with Crippen LogP contribution in [0.15, 0.2) is 0 Å². The molecule has 2 fully saturated rings. The molecule has 2 aliphatic heterocycles. The second kappa shape index (κ2) is 11.3. The summed E-state index contributed by atoms with van der Waals surface area (Å²) in [6.45, 7) is 4.57. The average molecular weight is 299 g/mol. The summed E-state index contributed by atoms with van der Waals surface area (Å²) in [5.74, 6) is 0. The van der Waals surface area contributed by atoms with E-state index in [1.807, 2.05) is 0 Å². The van der Waals surface area contributed by atoms with E-state index in [0.717, 1.165) is 12.6 Å². The van der Waals surface area contributed by atoms with E-state index in [9.17, 15) is 0 Å². The molecular formula is C13H28Cl2N2O. The molecule has 0 aliphatic carbocycles. The number of ether oxygens (including phenoxy) is 1. The molecule has 2 heterocycles. The van der Waals surface area contributed by atoms with Crippen LogP contribution in [0.2, 0.25) is 0 Å². The Hall–Kier alpha value is 0.460. The molecule has 0 saturated carbocycles. The quantitative estimate of drug-likeness (QED) is 0.739. The highest BCUT2D eigenvalue weighted by Crippen LogP contribution is 2.17. The van der Waals surface area contributed by atoms with Gasteiger partial charge in [0.2, 0.25) is 0 Å². The lowest BCUT2D eigenvalue weighted by Crippen LogP contribution is -2.40. The van der Waals surface area contributed by atoms with Gasteiger partial charge in [0.25, 0.3) is 0 Å². The Kier molecular flexibility index (Phi) is 11.6. The summed E-state index contributed by atoms with van der Waals surface area (Å²) in [5, 5.41) is 7.06. The van der Waals surface area contributed by atoms with Gasteiger partial charge in [-0.05, 0) is 64.6 Å². The van der Waals surface area contributed by atoms with Crippen molar-refractivity contribution in [1.82, 2.24) is 10.6 Å². The number of hydrogen-bond donors (Lipinski definition) is 2. The van der Waals surface area contributed by atoms with E-state index in [1.54, 1.807) is 0 Å². The van der Waals surface area contributed by atoms with Gasteiger partial charge in [0.1, 0.15) is 0 Å². The third kappa shape index (κ3) is 7.15. The summed E-state index contributed by atoms with van der Waals surface area (Å²) in [5.41, 5.74) is 0. The predicted molar refractivity (Wildman–Crippen MR) is 81.2 cm³/mol. The van der Waals surface area contributed by atoms with E-state index in [1.165, 1.54) is 64.6 Å². The maximum absolute atomic E-state index is 5.62. The molecule has 1 unspecified atom stereocenters. The zero-order valence-electron chi connectivity index (χ0n) is 11.2. The Balaban J connectivity index is 0.00000144. The third-order valence-corrected chi connectivity index (χ3v) is 3.75. The maximum atomic E-state index is 5.62. The molecule has 2 aliphatic rings. The van der Waals surface area contributed by atoms with Crippen molar-refractivity contribution in [1.29, 1.82) is 0 Å². The van der Waals surface area contributed by atoms with Crippen LogP contribution in [0.4, 0.5) is 0 Å². The number of rotatable bonds is 6. The zero-order valence-corrected chi connectivity index (χ0v) is 12.8. The van der Waals surface area contributed by atoms with Gasteiger partial charge < -0.3 is 15.4 Å². The van der Waals surface area contributed by atoms with Crippen LogP contribution in [0.5, 0.6) is 0 Å². The van der Waals surface area contributed by atoms with Crippen molar-refractivity contribution in [3.05, 3.63) is 0 Å². The molecule has 1 atom stereocenters. The first-order valence-corrected chi connectivity index (χ1v) is 7.01. The van der Waals surface area contributed by atoms with Crippen LogP contribution >= 0.6 is 24.8 Å². The molecule has 0 bridgehead atoms. The van der Waals surface area contributed by atoms with Crippen molar-refractivity contribution in [2.24, 2.45) is 0 Å². The van der Waals surface area contributed by atoms with Crippen LogP contribution in [0.25, 0.3) is 0 Å². The van der Waals surface area contributed by atoms with E-state index in [4.69, 9.17) is 4.74 Å². The first-order chi connectivity index (χ1) is 7.95. The second-order valence-corrected chi connectivity index (χ2v) is 5.11. The maximum Gasteiger partial charge on any atom is 0.0576 e. The van der Waals surface area contributed by atoms with Crippen molar-refractivity contribution in [3.63, 3.8) is 0 Å². The summed E-state index contributed by atoms with van der Waals surface area (Å²) < 4.78 is 5.62. The molecule has 0 spiro atoms. The van der Waals surface area contributed by atoms with Crippen LogP contribution in [0, 0.1) is 0 Å². The van der Waals surface area contributed by atoms with Crippen molar-refractivity contribution < 1.29 is 4.74 Å². The highest BCUT2D eigenvalue weighted by molar-refractivity contribution is 5.85. The summed E-state index contributed by atoms with van der Waals surface area (Å²) in [6.07, 6.45) is 9.65. The molecule has 2 saturated heterocycles. The molecule has 2 rings (SSSR count). The average Bonchev–Trinajstić information content (AvgIpc) is 2.83. The van der Waals surface area contributed by atoms with E-state index < -0.39 is 0 Å². The molecule has 3 nitrogen and oxygen atoms in total. The van der Waals surface area contributed by atoms with Crippen LogP contribution in [0.3, 0.4) is 0 Å². The summed E-state index contributed by atoms with van der Waals surface area (Å²) in [6, 6.07) is 0.768. The highest BCUT2D eigenvalue weighted by Gasteiger charge is 2.15. The topological polar surface area (TPSA) is 33.3 Å². The Morgan fingerprint density at radius 2 is 1.83 bits per heavy atom. The lowest BCUT2D eigenvalue weighted by atomic mass is 10.1. The lowest BCUT2D eigenvalue weighted by molar-refractivity contribution is 0.102. The third-order valence-electron chi connectivity index (χ3n) is 3.75. The smallest absolute Gasteiger partial charge is 0.0576 e. The summed E-state index contributed by atoms with van der Waals surface area (Å²) in [4.78, 5) is 0. The van der Waals surface area contributed by atoms with E-state index in [0.29, 0.717) is 6.10 Å². The van der Waals surface area contributed by atoms with Gasteiger partial charge in [0.15, 0.2) is 0 Å². The van der Waals surface area contributed by atoms with Crippen molar-refractivity contribution >= 4 is 24.8 Å². The number of hydrogen-bond acceptors (Lipinski definition) is 3. The number of halogens is 2. The SMILES string of the molecule is C(CCC1CCCO1)CNC1CCNCC1.Cl.Cl. The van der Waals surface area contributed by atoms with E-state index in [-0.39, 0.29) is 24.8 Å². The molecule has 0 aromatic rings. The summed E-state index contributed by atoms with van der Waals surface area (Å²) in [7, 11) is 0. The van der Waals surface area contributed by atoms with Crippen LogP contribution in [-0.4, -0.2) is 38.4 Å². The Bertz CT molecular complexity index is 184. The van der Waals surface area contributed by atoms with Gasteiger partial charge in [-0.15, -0.1) is 24.8 Å².